The van der Waals surface area contributed by atoms with Gasteiger partial charge in [-0.25, -0.2) is 4.79 Å². The second kappa shape index (κ2) is 8.70. The number of carbonyl (C=O) groups is 2. The number of nitrogens with zero attached hydrogens (tertiary/aromatic N) is 1. The van der Waals surface area contributed by atoms with Crippen molar-refractivity contribution in [2.75, 3.05) is 26.2 Å². The number of hydrogen-bond donors (Lipinski definition) is 2. The van der Waals surface area contributed by atoms with Gasteiger partial charge in [0, 0.05) is 31.6 Å². The van der Waals surface area contributed by atoms with E-state index in [-0.39, 0.29) is 17.5 Å². The number of amides is 2. The minimum absolute atomic E-state index is 0.0639. The van der Waals surface area contributed by atoms with Gasteiger partial charge in [-0.2, -0.15) is 0 Å². The first kappa shape index (κ1) is 20.7. The lowest BCUT2D eigenvalue weighted by molar-refractivity contribution is -0.122. The van der Waals surface area contributed by atoms with Gasteiger partial charge in [-0.1, -0.05) is 0 Å². The minimum Gasteiger partial charge on any atom is -0.444 e. The highest BCUT2D eigenvalue weighted by Gasteiger charge is 2.27. The van der Waals surface area contributed by atoms with Crippen LogP contribution in [0.2, 0.25) is 0 Å². The zero-order valence-corrected chi connectivity index (χ0v) is 16.2. The average molecular weight is 341 g/mol. The van der Waals surface area contributed by atoms with Crippen LogP contribution in [0.3, 0.4) is 0 Å². The Hall–Kier alpha value is -1.30. The molecule has 1 saturated heterocycles. The summed E-state index contributed by atoms with van der Waals surface area (Å²) in [5.74, 6) is 0.478. The highest BCUT2D eigenvalue weighted by molar-refractivity contribution is 5.76. The predicted octanol–water partition coefficient (Wildman–Crippen LogP) is 2.53. The molecule has 6 heteroatoms. The SMILES string of the molecule is CC(C)(C)NC(=O)CCNCC1CCCN(C(=O)OC(C)(C)C)C1. The summed E-state index contributed by atoms with van der Waals surface area (Å²) in [6.07, 6.45) is 2.34. The second-order valence-corrected chi connectivity index (χ2v) is 8.69. The van der Waals surface area contributed by atoms with E-state index in [1.165, 1.54) is 0 Å². The highest BCUT2D eigenvalue weighted by Crippen LogP contribution is 2.18. The average Bonchev–Trinajstić information content (AvgIpc) is 2.40. The molecule has 2 N–H and O–H groups in total. The number of carbonyl (C=O) groups excluding carboxylic acids is 2. The molecule has 1 aliphatic rings. The van der Waals surface area contributed by atoms with Gasteiger partial charge < -0.3 is 20.3 Å². The van der Waals surface area contributed by atoms with Crippen LogP contribution in [-0.2, 0) is 9.53 Å². The van der Waals surface area contributed by atoms with Crippen molar-refractivity contribution < 1.29 is 14.3 Å². The number of ether oxygens (including phenoxy) is 1. The molecule has 0 bridgehead atoms. The van der Waals surface area contributed by atoms with Crippen molar-refractivity contribution >= 4 is 12.0 Å². The molecule has 140 valence electrons. The lowest BCUT2D eigenvalue weighted by atomic mass is 9.98. The van der Waals surface area contributed by atoms with E-state index in [0.29, 0.717) is 18.9 Å². The largest absolute Gasteiger partial charge is 0.444 e. The van der Waals surface area contributed by atoms with E-state index < -0.39 is 5.60 Å². The van der Waals surface area contributed by atoms with Crippen LogP contribution in [-0.4, -0.2) is 54.2 Å². The summed E-state index contributed by atoms with van der Waals surface area (Å²) in [6.45, 7) is 14.6. The summed E-state index contributed by atoms with van der Waals surface area (Å²) in [6, 6.07) is 0. The van der Waals surface area contributed by atoms with E-state index >= 15 is 0 Å². The Morgan fingerprint density at radius 3 is 2.42 bits per heavy atom. The Morgan fingerprint density at radius 1 is 1.17 bits per heavy atom. The van der Waals surface area contributed by atoms with Gasteiger partial charge in [-0.05, 0) is 66.8 Å². The Morgan fingerprint density at radius 2 is 1.83 bits per heavy atom. The molecule has 1 atom stereocenters. The molecule has 0 aromatic rings. The normalized spacial score (nSPS) is 19.1. The molecule has 1 heterocycles. The van der Waals surface area contributed by atoms with E-state index in [4.69, 9.17) is 4.74 Å². The van der Waals surface area contributed by atoms with E-state index in [2.05, 4.69) is 10.6 Å². The smallest absolute Gasteiger partial charge is 0.410 e. The molecular weight excluding hydrogens is 306 g/mol. The topological polar surface area (TPSA) is 70.7 Å². The predicted molar refractivity (Wildman–Crippen MR) is 95.9 cm³/mol. The van der Waals surface area contributed by atoms with Gasteiger partial charge in [0.25, 0.3) is 0 Å². The zero-order chi connectivity index (χ0) is 18.4. The van der Waals surface area contributed by atoms with Gasteiger partial charge in [0.15, 0.2) is 0 Å². The molecule has 0 radical (unpaired) electrons. The minimum atomic E-state index is -0.456. The van der Waals surface area contributed by atoms with Crippen molar-refractivity contribution in [3.63, 3.8) is 0 Å². The fraction of sp³-hybridized carbons (Fsp3) is 0.889. The molecule has 24 heavy (non-hydrogen) atoms. The standard InChI is InChI=1S/C18H35N3O3/c1-17(2,3)20-15(22)9-10-19-12-14-8-7-11-21(13-14)16(23)24-18(4,5)6/h14,19H,7-13H2,1-6H3,(H,20,22). The zero-order valence-electron chi connectivity index (χ0n) is 16.2. The van der Waals surface area contributed by atoms with E-state index in [9.17, 15) is 9.59 Å². The first-order chi connectivity index (χ1) is 11.0. The maximum atomic E-state index is 12.1. The van der Waals surface area contributed by atoms with Crippen molar-refractivity contribution in [2.45, 2.75) is 71.9 Å². The highest BCUT2D eigenvalue weighted by atomic mass is 16.6. The van der Waals surface area contributed by atoms with Crippen molar-refractivity contribution in [2.24, 2.45) is 5.92 Å². The summed E-state index contributed by atoms with van der Waals surface area (Å²) in [5.41, 5.74) is -0.642. The van der Waals surface area contributed by atoms with Crippen LogP contribution in [0.25, 0.3) is 0 Å². The molecule has 1 rings (SSSR count). The maximum absolute atomic E-state index is 12.1. The third kappa shape index (κ3) is 9.11. The van der Waals surface area contributed by atoms with Crippen LogP contribution in [0, 0.1) is 5.92 Å². The molecule has 2 amide bonds. The number of piperidine rings is 1. The first-order valence-electron chi connectivity index (χ1n) is 8.96. The molecule has 6 nitrogen and oxygen atoms in total. The summed E-state index contributed by atoms with van der Waals surface area (Å²) in [7, 11) is 0. The van der Waals surface area contributed by atoms with Crippen LogP contribution >= 0.6 is 0 Å². The maximum Gasteiger partial charge on any atom is 0.410 e. The monoisotopic (exact) mass is 341 g/mol. The van der Waals surface area contributed by atoms with Crippen LogP contribution in [0.5, 0.6) is 0 Å². The Kier molecular flexibility index (Phi) is 7.52. The summed E-state index contributed by atoms with van der Waals surface area (Å²) < 4.78 is 5.44. The van der Waals surface area contributed by atoms with Gasteiger partial charge in [0.1, 0.15) is 5.60 Å². The molecule has 1 fully saturated rings. The third-order valence-corrected chi connectivity index (χ3v) is 3.65. The van der Waals surface area contributed by atoms with Crippen molar-refractivity contribution in [1.29, 1.82) is 0 Å². The molecule has 0 saturated carbocycles. The van der Waals surface area contributed by atoms with Crippen LogP contribution in [0.4, 0.5) is 4.79 Å². The fourth-order valence-electron chi connectivity index (χ4n) is 2.71. The molecule has 0 aliphatic carbocycles. The third-order valence-electron chi connectivity index (χ3n) is 3.65. The summed E-state index contributed by atoms with van der Waals surface area (Å²) >= 11 is 0. The van der Waals surface area contributed by atoms with Gasteiger partial charge in [0.2, 0.25) is 5.91 Å². The van der Waals surface area contributed by atoms with E-state index in [1.54, 1.807) is 4.90 Å². The van der Waals surface area contributed by atoms with Gasteiger partial charge in [-0.15, -0.1) is 0 Å². The summed E-state index contributed by atoms with van der Waals surface area (Å²) in [5, 5.41) is 6.29. The second-order valence-electron chi connectivity index (χ2n) is 8.69. The molecular formula is C18H35N3O3. The summed E-state index contributed by atoms with van der Waals surface area (Å²) in [4.78, 5) is 25.7. The van der Waals surface area contributed by atoms with Crippen molar-refractivity contribution in [1.82, 2.24) is 15.5 Å². The molecule has 1 aliphatic heterocycles. The number of likely N-dealkylation sites (tertiary alicyclic amines) is 1. The van der Waals surface area contributed by atoms with Gasteiger partial charge >= 0.3 is 6.09 Å². The van der Waals surface area contributed by atoms with Crippen LogP contribution in [0.1, 0.15) is 60.8 Å². The van der Waals surface area contributed by atoms with E-state index in [0.717, 1.165) is 32.5 Å². The van der Waals surface area contributed by atoms with Crippen molar-refractivity contribution in [3.05, 3.63) is 0 Å². The Balaban J connectivity index is 2.26. The Bertz CT molecular complexity index is 424. The van der Waals surface area contributed by atoms with E-state index in [1.807, 2.05) is 41.5 Å². The molecule has 1 unspecified atom stereocenters. The number of rotatable bonds is 5. The number of hydrogen-bond acceptors (Lipinski definition) is 4. The lowest BCUT2D eigenvalue weighted by Gasteiger charge is -2.34. The quantitative estimate of drug-likeness (QED) is 0.754. The van der Waals surface area contributed by atoms with Gasteiger partial charge in [-0.3, -0.25) is 4.79 Å². The molecule has 0 aromatic heterocycles. The number of nitrogens with one attached hydrogen (secondary N) is 2. The molecule has 0 aromatic carbocycles. The van der Waals surface area contributed by atoms with Crippen molar-refractivity contribution in [3.8, 4) is 0 Å². The lowest BCUT2D eigenvalue weighted by Crippen LogP contribution is -2.45. The van der Waals surface area contributed by atoms with Gasteiger partial charge in [0.05, 0.1) is 0 Å². The Labute approximate surface area is 146 Å². The van der Waals surface area contributed by atoms with Crippen LogP contribution in [0.15, 0.2) is 0 Å². The molecule has 0 spiro atoms. The first-order valence-corrected chi connectivity index (χ1v) is 8.96. The van der Waals surface area contributed by atoms with Crippen LogP contribution < -0.4 is 10.6 Å². The fourth-order valence-corrected chi connectivity index (χ4v) is 2.71.